The summed E-state index contributed by atoms with van der Waals surface area (Å²) in [5.41, 5.74) is 1.11. The van der Waals surface area contributed by atoms with E-state index in [2.05, 4.69) is 44.5 Å². The minimum atomic E-state index is 0.511. The molecule has 0 aliphatic carbocycles. The maximum absolute atomic E-state index is 3.81. The molecule has 0 radical (unpaired) electrons. The molecule has 11 heavy (non-hydrogen) atoms. The Morgan fingerprint density at radius 1 is 1.64 bits per heavy atom. The summed E-state index contributed by atoms with van der Waals surface area (Å²) < 4.78 is 0. The molecule has 0 aromatic heterocycles. The first-order valence-electron chi connectivity index (χ1n) is 4.11. The average molecular weight is 153 g/mol. The highest BCUT2D eigenvalue weighted by molar-refractivity contribution is 5.12. The molecule has 0 N–H and O–H groups in total. The van der Waals surface area contributed by atoms with E-state index in [9.17, 15) is 0 Å². The molecule has 0 saturated carbocycles. The van der Waals surface area contributed by atoms with Crippen molar-refractivity contribution in [3.8, 4) is 0 Å². The van der Waals surface area contributed by atoms with E-state index in [1.165, 1.54) is 0 Å². The number of nitrogens with zero attached hydrogens (tertiary/aromatic N) is 1. The van der Waals surface area contributed by atoms with E-state index in [1.807, 2.05) is 6.92 Å². The second-order valence-electron chi connectivity index (χ2n) is 3.02. The van der Waals surface area contributed by atoms with Crippen molar-refractivity contribution in [2.75, 3.05) is 13.6 Å². The van der Waals surface area contributed by atoms with Crippen LogP contribution >= 0.6 is 0 Å². The van der Waals surface area contributed by atoms with Crippen molar-refractivity contribution in [3.63, 3.8) is 0 Å². The first kappa shape index (κ1) is 10.4. The SMILES string of the molecule is C=C(C)/C=C\C(C)N(C)CC. The summed E-state index contributed by atoms with van der Waals surface area (Å²) in [7, 11) is 2.12. The first-order valence-corrected chi connectivity index (χ1v) is 4.11. The number of hydrogen-bond acceptors (Lipinski definition) is 1. The molecule has 0 fully saturated rings. The van der Waals surface area contributed by atoms with Crippen molar-refractivity contribution < 1.29 is 0 Å². The van der Waals surface area contributed by atoms with Crippen LogP contribution in [0.25, 0.3) is 0 Å². The summed E-state index contributed by atoms with van der Waals surface area (Å²) in [4.78, 5) is 2.28. The highest BCUT2D eigenvalue weighted by Crippen LogP contribution is 1.98. The van der Waals surface area contributed by atoms with Gasteiger partial charge in [0.25, 0.3) is 0 Å². The zero-order chi connectivity index (χ0) is 8.85. The van der Waals surface area contributed by atoms with Crippen molar-refractivity contribution in [3.05, 3.63) is 24.3 Å². The Morgan fingerprint density at radius 2 is 2.18 bits per heavy atom. The van der Waals surface area contributed by atoms with Crippen LogP contribution in [0.5, 0.6) is 0 Å². The summed E-state index contributed by atoms with van der Waals surface area (Å²) in [6.07, 6.45) is 4.24. The minimum absolute atomic E-state index is 0.511. The summed E-state index contributed by atoms with van der Waals surface area (Å²) in [5, 5.41) is 0. The van der Waals surface area contributed by atoms with Crippen LogP contribution in [0, 0.1) is 0 Å². The Balaban J connectivity index is 3.85. The van der Waals surface area contributed by atoms with Crippen LogP contribution < -0.4 is 0 Å². The topological polar surface area (TPSA) is 3.24 Å². The molecule has 0 aliphatic rings. The maximum atomic E-state index is 3.81. The van der Waals surface area contributed by atoms with Gasteiger partial charge in [-0.1, -0.05) is 31.2 Å². The lowest BCUT2D eigenvalue weighted by atomic mass is 10.2. The zero-order valence-electron chi connectivity index (χ0n) is 8.09. The van der Waals surface area contributed by atoms with E-state index in [0.717, 1.165) is 12.1 Å². The summed E-state index contributed by atoms with van der Waals surface area (Å²) in [6.45, 7) is 11.2. The lowest BCUT2D eigenvalue weighted by Gasteiger charge is -2.19. The van der Waals surface area contributed by atoms with E-state index < -0.39 is 0 Å². The highest BCUT2D eigenvalue weighted by Gasteiger charge is 2.00. The van der Waals surface area contributed by atoms with E-state index in [-0.39, 0.29) is 0 Å². The van der Waals surface area contributed by atoms with Gasteiger partial charge in [0.15, 0.2) is 0 Å². The van der Waals surface area contributed by atoms with E-state index in [4.69, 9.17) is 0 Å². The Bertz CT molecular complexity index is 147. The molecular formula is C10H19N. The molecule has 0 rings (SSSR count). The fraction of sp³-hybridized carbons (Fsp3) is 0.600. The third-order valence-electron chi connectivity index (χ3n) is 1.85. The predicted molar refractivity (Wildman–Crippen MR) is 51.7 cm³/mol. The minimum Gasteiger partial charge on any atom is -0.301 e. The number of hydrogen-bond donors (Lipinski definition) is 0. The number of likely N-dealkylation sites (N-methyl/N-ethyl adjacent to an activating group) is 1. The average Bonchev–Trinajstić information content (AvgIpc) is 1.98. The van der Waals surface area contributed by atoms with Gasteiger partial charge in [0.2, 0.25) is 0 Å². The molecule has 0 bridgehead atoms. The van der Waals surface area contributed by atoms with Gasteiger partial charge in [0.1, 0.15) is 0 Å². The summed E-state index contributed by atoms with van der Waals surface area (Å²) in [6, 6.07) is 0.511. The maximum Gasteiger partial charge on any atom is 0.0249 e. The van der Waals surface area contributed by atoms with Gasteiger partial charge in [-0.3, -0.25) is 0 Å². The third kappa shape index (κ3) is 4.79. The van der Waals surface area contributed by atoms with Crippen LogP contribution in [0.1, 0.15) is 20.8 Å². The molecule has 0 aromatic carbocycles. The lowest BCUT2D eigenvalue weighted by molar-refractivity contribution is 0.313. The van der Waals surface area contributed by atoms with E-state index in [1.54, 1.807) is 0 Å². The molecule has 0 heterocycles. The fourth-order valence-corrected chi connectivity index (χ4v) is 0.738. The molecule has 1 heteroatoms. The van der Waals surface area contributed by atoms with Gasteiger partial charge in [0, 0.05) is 6.04 Å². The molecule has 0 saturated heterocycles. The van der Waals surface area contributed by atoms with Crippen molar-refractivity contribution in [1.29, 1.82) is 0 Å². The quantitative estimate of drug-likeness (QED) is 0.561. The van der Waals surface area contributed by atoms with Gasteiger partial charge in [-0.15, -0.1) is 0 Å². The Kier molecular flexibility index (Phi) is 4.88. The molecular weight excluding hydrogens is 134 g/mol. The second kappa shape index (κ2) is 5.14. The highest BCUT2D eigenvalue weighted by atomic mass is 15.1. The number of allylic oxidation sites excluding steroid dienone is 2. The molecule has 0 aliphatic heterocycles. The van der Waals surface area contributed by atoms with Crippen LogP contribution in [-0.4, -0.2) is 24.5 Å². The Labute approximate surface area is 70.4 Å². The van der Waals surface area contributed by atoms with Gasteiger partial charge < -0.3 is 4.90 Å². The summed E-state index contributed by atoms with van der Waals surface area (Å²) >= 11 is 0. The molecule has 0 amide bonds. The van der Waals surface area contributed by atoms with E-state index in [0.29, 0.717) is 6.04 Å². The Hall–Kier alpha value is -0.560. The van der Waals surface area contributed by atoms with Crippen molar-refractivity contribution >= 4 is 0 Å². The van der Waals surface area contributed by atoms with Crippen molar-refractivity contribution in [1.82, 2.24) is 4.90 Å². The molecule has 64 valence electrons. The fourth-order valence-electron chi connectivity index (χ4n) is 0.738. The van der Waals surface area contributed by atoms with E-state index >= 15 is 0 Å². The second-order valence-corrected chi connectivity index (χ2v) is 3.02. The van der Waals surface area contributed by atoms with Crippen LogP contribution in [-0.2, 0) is 0 Å². The molecule has 1 nitrogen and oxygen atoms in total. The largest absolute Gasteiger partial charge is 0.301 e. The van der Waals surface area contributed by atoms with Crippen LogP contribution in [0.4, 0.5) is 0 Å². The van der Waals surface area contributed by atoms with Gasteiger partial charge >= 0.3 is 0 Å². The zero-order valence-corrected chi connectivity index (χ0v) is 8.09. The number of rotatable bonds is 4. The van der Waals surface area contributed by atoms with Gasteiger partial charge in [-0.2, -0.15) is 0 Å². The smallest absolute Gasteiger partial charge is 0.0249 e. The van der Waals surface area contributed by atoms with Crippen LogP contribution in [0.2, 0.25) is 0 Å². The van der Waals surface area contributed by atoms with Gasteiger partial charge in [-0.05, 0) is 27.4 Å². The monoisotopic (exact) mass is 153 g/mol. The van der Waals surface area contributed by atoms with Crippen LogP contribution in [0.3, 0.4) is 0 Å². The van der Waals surface area contributed by atoms with Crippen LogP contribution in [0.15, 0.2) is 24.3 Å². The summed E-state index contributed by atoms with van der Waals surface area (Å²) in [5.74, 6) is 0. The van der Waals surface area contributed by atoms with Crippen molar-refractivity contribution in [2.45, 2.75) is 26.8 Å². The standard InChI is InChI=1S/C10H19N/c1-6-11(5)10(4)8-7-9(2)3/h7-8,10H,2,6H2,1,3-5H3/b8-7-. The molecule has 1 unspecified atom stereocenters. The lowest BCUT2D eigenvalue weighted by Crippen LogP contribution is -2.26. The third-order valence-corrected chi connectivity index (χ3v) is 1.85. The van der Waals surface area contributed by atoms with Crippen molar-refractivity contribution in [2.24, 2.45) is 0 Å². The normalized spacial score (nSPS) is 14.3. The Morgan fingerprint density at radius 3 is 2.55 bits per heavy atom. The predicted octanol–water partition coefficient (Wildman–Crippen LogP) is 2.46. The van der Waals surface area contributed by atoms with Gasteiger partial charge in [-0.25, -0.2) is 0 Å². The molecule has 0 spiro atoms. The van der Waals surface area contributed by atoms with Gasteiger partial charge in [0.05, 0.1) is 0 Å². The molecule has 0 aromatic rings. The molecule has 1 atom stereocenters. The first-order chi connectivity index (χ1) is 5.07.